The van der Waals surface area contributed by atoms with Crippen molar-refractivity contribution < 1.29 is 14.6 Å². The van der Waals surface area contributed by atoms with E-state index < -0.39 is 6.10 Å². The van der Waals surface area contributed by atoms with Gasteiger partial charge >= 0.3 is 5.97 Å². The lowest BCUT2D eigenvalue weighted by Crippen LogP contribution is -2.44. The Hall–Kier alpha value is -0.610. The van der Waals surface area contributed by atoms with Crippen molar-refractivity contribution in [2.75, 3.05) is 19.7 Å². The van der Waals surface area contributed by atoms with Crippen LogP contribution in [-0.4, -0.2) is 36.9 Å². The van der Waals surface area contributed by atoms with Crippen molar-refractivity contribution in [2.45, 2.75) is 19.4 Å². The maximum absolute atomic E-state index is 11.2. The highest BCUT2D eigenvalue weighted by Crippen LogP contribution is 2.13. The molecule has 4 heteroatoms. The Labute approximate surface area is 71.9 Å². The van der Waals surface area contributed by atoms with Gasteiger partial charge in [0.25, 0.3) is 0 Å². The van der Waals surface area contributed by atoms with E-state index in [1.807, 2.05) is 0 Å². The zero-order valence-corrected chi connectivity index (χ0v) is 7.25. The van der Waals surface area contributed by atoms with Crippen LogP contribution >= 0.6 is 0 Å². The molecule has 0 aliphatic carbocycles. The van der Waals surface area contributed by atoms with Crippen molar-refractivity contribution in [1.29, 1.82) is 0 Å². The van der Waals surface area contributed by atoms with Gasteiger partial charge in [0.15, 0.2) is 0 Å². The van der Waals surface area contributed by atoms with Gasteiger partial charge in [-0.3, -0.25) is 4.79 Å². The Kier molecular flexibility index (Phi) is 3.49. The van der Waals surface area contributed by atoms with E-state index in [4.69, 9.17) is 4.74 Å². The molecule has 0 bridgehead atoms. The number of carbonyl (C=O) groups is 1. The first-order valence-electron chi connectivity index (χ1n) is 4.31. The minimum atomic E-state index is -0.585. The number of aliphatic hydroxyl groups is 1. The second kappa shape index (κ2) is 4.42. The molecule has 1 saturated heterocycles. The first kappa shape index (κ1) is 9.48. The van der Waals surface area contributed by atoms with Crippen molar-refractivity contribution in [3.05, 3.63) is 0 Å². The summed E-state index contributed by atoms with van der Waals surface area (Å²) in [6.07, 6.45) is 0.0813. The van der Waals surface area contributed by atoms with Crippen LogP contribution < -0.4 is 5.32 Å². The standard InChI is InChI=1S/C8H15NO3/c1-2-12-8(11)6-3-4-9-5-7(6)10/h6-7,9-10H,2-5H2,1H3/t6-,7+/m0/s1. The third-order valence-electron chi connectivity index (χ3n) is 2.04. The number of β-amino-alcohol motifs (C(OH)–C–C–N with tert-alkyl or cyclic N) is 1. The number of hydrogen-bond acceptors (Lipinski definition) is 4. The van der Waals surface area contributed by atoms with E-state index in [2.05, 4.69) is 5.32 Å². The van der Waals surface area contributed by atoms with Gasteiger partial charge < -0.3 is 15.2 Å². The molecule has 70 valence electrons. The molecule has 2 N–H and O–H groups in total. The molecular weight excluding hydrogens is 158 g/mol. The summed E-state index contributed by atoms with van der Waals surface area (Å²) in [6.45, 7) is 3.42. The average Bonchev–Trinajstić information content (AvgIpc) is 2.05. The van der Waals surface area contributed by atoms with Crippen molar-refractivity contribution in [1.82, 2.24) is 5.32 Å². The number of carbonyl (C=O) groups excluding carboxylic acids is 1. The van der Waals surface area contributed by atoms with Crippen LogP contribution in [0.3, 0.4) is 0 Å². The van der Waals surface area contributed by atoms with Crippen molar-refractivity contribution in [3.63, 3.8) is 0 Å². The summed E-state index contributed by atoms with van der Waals surface area (Å²) in [4.78, 5) is 11.2. The van der Waals surface area contributed by atoms with Crippen LogP contribution in [0.2, 0.25) is 0 Å². The fourth-order valence-electron chi connectivity index (χ4n) is 1.37. The Morgan fingerprint density at radius 3 is 3.08 bits per heavy atom. The fourth-order valence-corrected chi connectivity index (χ4v) is 1.37. The van der Waals surface area contributed by atoms with Crippen LogP contribution in [0.15, 0.2) is 0 Å². The molecule has 1 rings (SSSR count). The van der Waals surface area contributed by atoms with Gasteiger partial charge in [0.05, 0.1) is 18.6 Å². The summed E-state index contributed by atoms with van der Waals surface area (Å²) in [5.41, 5.74) is 0. The predicted octanol–water partition coefficient (Wildman–Crippen LogP) is -0.480. The van der Waals surface area contributed by atoms with Crippen LogP contribution in [0.5, 0.6) is 0 Å². The average molecular weight is 173 g/mol. The summed E-state index contributed by atoms with van der Waals surface area (Å²) in [5.74, 6) is -0.599. The van der Waals surface area contributed by atoms with Gasteiger partial charge in [-0.25, -0.2) is 0 Å². The Morgan fingerprint density at radius 2 is 2.50 bits per heavy atom. The zero-order chi connectivity index (χ0) is 8.97. The predicted molar refractivity (Wildman–Crippen MR) is 43.6 cm³/mol. The molecule has 0 aromatic heterocycles. The second-order valence-corrected chi connectivity index (χ2v) is 2.92. The van der Waals surface area contributed by atoms with E-state index in [1.54, 1.807) is 6.92 Å². The molecule has 1 heterocycles. The Morgan fingerprint density at radius 1 is 1.75 bits per heavy atom. The Balaban J connectivity index is 2.42. The number of aliphatic hydroxyl groups excluding tert-OH is 1. The summed E-state index contributed by atoms with van der Waals surface area (Å²) in [7, 11) is 0. The van der Waals surface area contributed by atoms with Gasteiger partial charge in [-0.15, -0.1) is 0 Å². The highest BCUT2D eigenvalue weighted by atomic mass is 16.5. The van der Waals surface area contributed by atoms with Gasteiger partial charge in [0.1, 0.15) is 0 Å². The first-order chi connectivity index (χ1) is 5.75. The minimum Gasteiger partial charge on any atom is -0.466 e. The van der Waals surface area contributed by atoms with E-state index >= 15 is 0 Å². The molecule has 1 aliphatic rings. The van der Waals surface area contributed by atoms with E-state index in [-0.39, 0.29) is 11.9 Å². The van der Waals surface area contributed by atoms with Crippen LogP contribution in [-0.2, 0) is 9.53 Å². The van der Waals surface area contributed by atoms with E-state index in [0.29, 0.717) is 19.6 Å². The number of ether oxygens (including phenoxy) is 1. The SMILES string of the molecule is CCOC(=O)[C@H]1CCNC[C@H]1O. The molecule has 0 aromatic rings. The zero-order valence-electron chi connectivity index (χ0n) is 7.25. The lowest BCUT2D eigenvalue weighted by atomic mass is 9.95. The molecule has 1 aliphatic heterocycles. The molecule has 4 nitrogen and oxygen atoms in total. The molecule has 0 amide bonds. The minimum absolute atomic E-state index is 0.272. The third kappa shape index (κ3) is 2.19. The number of piperidine rings is 1. The third-order valence-corrected chi connectivity index (χ3v) is 2.04. The van der Waals surface area contributed by atoms with Gasteiger partial charge in [-0.2, -0.15) is 0 Å². The molecule has 0 spiro atoms. The van der Waals surface area contributed by atoms with E-state index in [0.717, 1.165) is 6.54 Å². The summed E-state index contributed by atoms with van der Waals surface area (Å²) in [6, 6.07) is 0. The molecule has 0 aromatic carbocycles. The lowest BCUT2D eigenvalue weighted by molar-refractivity contribution is -0.153. The molecule has 0 saturated carbocycles. The van der Waals surface area contributed by atoms with Crippen LogP contribution in [0.25, 0.3) is 0 Å². The normalized spacial score (nSPS) is 29.8. The van der Waals surface area contributed by atoms with Crippen molar-refractivity contribution >= 4 is 5.97 Å². The van der Waals surface area contributed by atoms with Gasteiger partial charge in [0.2, 0.25) is 0 Å². The van der Waals surface area contributed by atoms with Crippen LogP contribution in [0.1, 0.15) is 13.3 Å². The smallest absolute Gasteiger partial charge is 0.311 e. The molecular formula is C8H15NO3. The van der Waals surface area contributed by atoms with Crippen LogP contribution in [0.4, 0.5) is 0 Å². The maximum Gasteiger partial charge on any atom is 0.311 e. The molecule has 12 heavy (non-hydrogen) atoms. The molecule has 0 unspecified atom stereocenters. The van der Waals surface area contributed by atoms with Gasteiger partial charge in [-0.05, 0) is 19.9 Å². The summed E-state index contributed by atoms with van der Waals surface area (Å²) >= 11 is 0. The number of nitrogens with one attached hydrogen (secondary N) is 1. The molecule has 2 atom stereocenters. The highest BCUT2D eigenvalue weighted by molar-refractivity contribution is 5.73. The van der Waals surface area contributed by atoms with Gasteiger partial charge in [0, 0.05) is 6.54 Å². The number of hydrogen-bond donors (Lipinski definition) is 2. The molecule has 1 fully saturated rings. The van der Waals surface area contributed by atoms with E-state index in [1.165, 1.54) is 0 Å². The number of esters is 1. The van der Waals surface area contributed by atoms with Crippen molar-refractivity contribution in [2.24, 2.45) is 5.92 Å². The number of rotatable bonds is 2. The van der Waals surface area contributed by atoms with Crippen molar-refractivity contribution in [3.8, 4) is 0 Å². The summed E-state index contributed by atoms with van der Waals surface area (Å²) < 4.78 is 4.83. The van der Waals surface area contributed by atoms with Gasteiger partial charge in [-0.1, -0.05) is 0 Å². The lowest BCUT2D eigenvalue weighted by Gasteiger charge is -2.26. The topological polar surface area (TPSA) is 58.6 Å². The largest absolute Gasteiger partial charge is 0.466 e. The van der Waals surface area contributed by atoms with Crippen LogP contribution in [0, 0.1) is 5.92 Å². The van der Waals surface area contributed by atoms with E-state index in [9.17, 15) is 9.90 Å². The monoisotopic (exact) mass is 173 g/mol. The fraction of sp³-hybridized carbons (Fsp3) is 0.875. The first-order valence-corrected chi connectivity index (χ1v) is 4.31. The summed E-state index contributed by atoms with van der Waals surface area (Å²) in [5, 5.41) is 12.4. The molecule has 0 radical (unpaired) electrons. The maximum atomic E-state index is 11.2. The quantitative estimate of drug-likeness (QED) is 0.554. The second-order valence-electron chi connectivity index (χ2n) is 2.92. The highest BCUT2D eigenvalue weighted by Gasteiger charge is 2.30. The Bertz CT molecular complexity index is 160.